The van der Waals surface area contributed by atoms with Gasteiger partial charge in [-0.25, -0.2) is 9.97 Å². The lowest BCUT2D eigenvalue weighted by atomic mass is 10.1. The largest absolute Gasteiger partial charge is 0.433 e. The summed E-state index contributed by atoms with van der Waals surface area (Å²) in [5, 5.41) is 5.36. The molecule has 1 fully saturated rings. The highest BCUT2D eigenvalue weighted by Crippen LogP contribution is 2.43. The third kappa shape index (κ3) is 3.89. The highest BCUT2D eigenvalue weighted by Gasteiger charge is 2.32. The van der Waals surface area contributed by atoms with E-state index in [1.165, 1.54) is 30.1 Å². The Balaban J connectivity index is 1.39. The van der Waals surface area contributed by atoms with E-state index in [1.807, 2.05) is 24.3 Å². The molecule has 0 amide bonds. The molecule has 0 bridgehead atoms. The van der Waals surface area contributed by atoms with Gasteiger partial charge >= 0.3 is 6.18 Å². The maximum Gasteiger partial charge on any atom is 0.433 e. The number of nitrogens with zero attached hydrogens (tertiary/aromatic N) is 4. The minimum atomic E-state index is -4.49. The van der Waals surface area contributed by atoms with Crippen LogP contribution in [-0.4, -0.2) is 19.9 Å². The van der Waals surface area contributed by atoms with Crippen LogP contribution >= 0.6 is 11.3 Å². The number of rotatable bonds is 4. The number of nitrogens with one attached hydrogen (secondary N) is 1. The fourth-order valence-electron chi connectivity index (χ4n) is 3.69. The van der Waals surface area contributed by atoms with E-state index in [0.717, 1.165) is 27.4 Å². The standard InChI is InChI=1S/C24H16F3N5S/c25-24(26,27)21-8-5-14(12-29-21)18-11-19-16(2-1-9-28-19)22(31-18)30-15-6-7-17-20(10-15)33-23(32-17)13-3-4-13/h1-2,5-13H,3-4H2,(H,30,31). The number of fused-ring (bicyclic) bond motifs is 2. The molecule has 0 spiro atoms. The van der Waals surface area contributed by atoms with Gasteiger partial charge in [-0.3, -0.25) is 9.97 Å². The number of aromatic nitrogens is 4. The number of alkyl halides is 3. The predicted molar refractivity (Wildman–Crippen MR) is 123 cm³/mol. The van der Waals surface area contributed by atoms with Gasteiger partial charge in [0.05, 0.1) is 26.4 Å². The first-order valence-electron chi connectivity index (χ1n) is 10.4. The summed E-state index contributed by atoms with van der Waals surface area (Å²) in [5.41, 5.74) is 2.54. The van der Waals surface area contributed by atoms with Crippen molar-refractivity contribution in [2.45, 2.75) is 24.9 Å². The number of anilines is 2. The van der Waals surface area contributed by atoms with Crippen LogP contribution in [0.25, 0.3) is 32.4 Å². The van der Waals surface area contributed by atoms with Crippen molar-refractivity contribution in [3.05, 3.63) is 71.6 Å². The molecular formula is C24H16F3N5S. The van der Waals surface area contributed by atoms with Crippen molar-refractivity contribution in [2.75, 3.05) is 5.32 Å². The van der Waals surface area contributed by atoms with Gasteiger partial charge in [-0.05, 0) is 61.4 Å². The molecule has 0 radical (unpaired) electrons. The van der Waals surface area contributed by atoms with Gasteiger partial charge in [0, 0.05) is 34.9 Å². The molecule has 0 unspecified atom stereocenters. The van der Waals surface area contributed by atoms with Crippen LogP contribution in [0.1, 0.15) is 29.5 Å². The van der Waals surface area contributed by atoms with Crippen molar-refractivity contribution in [1.82, 2.24) is 19.9 Å². The van der Waals surface area contributed by atoms with E-state index in [1.54, 1.807) is 23.6 Å². The summed E-state index contributed by atoms with van der Waals surface area (Å²) in [6.07, 6.45) is 0.785. The summed E-state index contributed by atoms with van der Waals surface area (Å²) in [4.78, 5) is 17.4. The molecular weight excluding hydrogens is 447 g/mol. The van der Waals surface area contributed by atoms with E-state index in [-0.39, 0.29) is 0 Å². The fourth-order valence-corrected chi connectivity index (χ4v) is 4.87. The molecule has 5 nitrogen and oxygen atoms in total. The number of thiazole rings is 1. The molecule has 1 aliphatic carbocycles. The van der Waals surface area contributed by atoms with E-state index in [9.17, 15) is 13.2 Å². The second kappa shape index (κ2) is 7.48. The van der Waals surface area contributed by atoms with Crippen molar-refractivity contribution in [1.29, 1.82) is 0 Å². The van der Waals surface area contributed by atoms with Crippen molar-refractivity contribution in [2.24, 2.45) is 0 Å². The van der Waals surface area contributed by atoms with E-state index < -0.39 is 11.9 Å². The van der Waals surface area contributed by atoms with Crippen LogP contribution in [0.2, 0.25) is 0 Å². The number of halogens is 3. The van der Waals surface area contributed by atoms with E-state index in [0.29, 0.717) is 28.5 Å². The SMILES string of the molecule is FC(F)(F)c1ccc(-c2cc3ncccc3c(Nc3ccc4nc(C5CC5)sc4c3)n2)cn1. The number of hydrogen-bond acceptors (Lipinski definition) is 6. The van der Waals surface area contributed by atoms with Crippen LogP contribution in [-0.2, 0) is 6.18 Å². The van der Waals surface area contributed by atoms with E-state index in [4.69, 9.17) is 9.97 Å². The third-order valence-corrected chi connectivity index (χ3v) is 6.72. The Labute approximate surface area is 190 Å². The van der Waals surface area contributed by atoms with Crippen LogP contribution in [0, 0.1) is 0 Å². The van der Waals surface area contributed by atoms with Gasteiger partial charge in [0.25, 0.3) is 0 Å². The van der Waals surface area contributed by atoms with Crippen LogP contribution in [0.3, 0.4) is 0 Å². The predicted octanol–water partition coefficient (Wildman–Crippen LogP) is 6.94. The molecule has 9 heteroatoms. The summed E-state index contributed by atoms with van der Waals surface area (Å²) < 4.78 is 39.8. The third-order valence-electron chi connectivity index (χ3n) is 5.54. The zero-order valence-corrected chi connectivity index (χ0v) is 17.9. The average molecular weight is 463 g/mol. The molecule has 0 atom stereocenters. The van der Waals surface area contributed by atoms with Crippen molar-refractivity contribution in [3.63, 3.8) is 0 Å². The minimum absolute atomic E-state index is 0.477. The Morgan fingerprint density at radius 1 is 0.939 bits per heavy atom. The quantitative estimate of drug-likeness (QED) is 0.313. The molecule has 5 aromatic rings. The summed E-state index contributed by atoms with van der Waals surface area (Å²) >= 11 is 1.72. The number of hydrogen-bond donors (Lipinski definition) is 1. The number of benzene rings is 1. The summed E-state index contributed by atoms with van der Waals surface area (Å²) in [6, 6.07) is 13.8. The zero-order chi connectivity index (χ0) is 22.6. The Morgan fingerprint density at radius 3 is 2.58 bits per heavy atom. The molecule has 0 saturated heterocycles. The van der Waals surface area contributed by atoms with Gasteiger partial charge in [-0.15, -0.1) is 11.3 Å². The molecule has 1 aliphatic rings. The lowest BCUT2D eigenvalue weighted by Crippen LogP contribution is -2.07. The molecule has 6 rings (SSSR count). The smallest absolute Gasteiger partial charge is 0.340 e. The summed E-state index contributed by atoms with van der Waals surface area (Å²) in [7, 11) is 0. The zero-order valence-electron chi connectivity index (χ0n) is 17.1. The van der Waals surface area contributed by atoms with Crippen molar-refractivity contribution >= 4 is 44.0 Å². The van der Waals surface area contributed by atoms with Gasteiger partial charge in [-0.2, -0.15) is 13.2 Å². The Morgan fingerprint density at radius 2 is 1.82 bits per heavy atom. The number of pyridine rings is 3. The lowest BCUT2D eigenvalue weighted by Gasteiger charge is -2.12. The molecule has 1 aromatic carbocycles. The fraction of sp³-hybridized carbons (Fsp3) is 0.167. The maximum atomic E-state index is 12.9. The molecule has 4 aromatic heterocycles. The van der Waals surface area contributed by atoms with Crippen LogP contribution in [0.4, 0.5) is 24.7 Å². The normalized spacial score (nSPS) is 14.2. The van der Waals surface area contributed by atoms with Crippen molar-refractivity contribution < 1.29 is 13.2 Å². The first kappa shape index (κ1) is 20.0. The summed E-state index contributed by atoms with van der Waals surface area (Å²) in [5.74, 6) is 1.17. The van der Waals surface area contributed by atoms with Gasteiger partial charge in [0.2, 0.25) is 0 Å². The highest BCUT2D eigenvalue weighted by atomic mass is 32.1. The monoisotopic (exact) mass is 463 g/mol. The molecule has 4 heterocycles. The first-order chi connectivity index (χ1) is 15.9. The van der Waals surface area contributed by atoms with E-state index >= 15 is 0 Å². The second-order valence-corrected chi connectivity index (χ2v) is 9.05. The topological polar surface area (TPSA) is 63.6 Å². The Hall–Kier alpha value is -3.59. The Bertz CT molecular complexity index is 1490. The van der Waals surface area contributed by atoms with Gasteiger partial charge in [-0.1, -0.05) is 0 Å². The molecule has 164 valence electrons. The van der Waals surface area contributed by atoms with Crippen LogP contribution < -0.4 is 5.32 Å². The van der Waals surface area contributed by atoms with Crippen LogP contribution in [0.15, 0.2) is 60.9 Å². The highest BCUT2D eigenvalue weighted by molar-refractivity contribution is 7.18. The maximum absolute atomic E-state index is 12.9. The first-order valence-corrected chi connectivity index (χ1v) is 11.2. The van der Waals surface area contributed by atoms with Gasteiger partial charge in [0.15, 0.2) is 0 Å². The lowest BCUT2D eigenvalue weighted by molar-refractivity contribution is -0.141. The summed E-state index contributed by atoms with van der Waals surface area (Å²) in [6.45, 7) is 0. The average Bonchev–Trinajstić information content (AvgIpc) is 3.58. The van der Waals surface area contributed by atoms with Gasteiger partial charge in [0.1, 0.15) is 11.5 Å². The van der Waals surface area contributed by atoms with Crippen molar-refractivity contribution in [3.8, 4) is 11.3 Å². The second-order valence-electron chi connectivity index (χ2n) is 7.99. The molecule has 0 aliphatic heterocycles. The van der Waals surface area contributed by atoms with Gasteiger partial charge < -0.3 is 5.32 Å². The Kier molecular flexibility index (Phi) is 4.55. The van der Waals surface area contributed by atoms with Crippen LogP contribution in [0.5, 0.6) is 0 Å². The minimum Gasteiger partial charge on any atom is -0.340 e. The molecule has 1 saturated carbocycles. The van der Waals surface area contributed by atoms with E-state index in [2.05, 4.69) is 21.4 Å². The molecule has 1 N–H and O–H groups in total. The molecule has 33 heavy (non-hydrogen) atoms.